The van der Waals surface area contributed by atoms with Crippen molar-refractivity contribution in [3.05, 3.63) is 42.2 Å². The number of benzene rings is 1. The van der Waals surface area contributed by atoms with Crippen LogP contribution in [0.4, 0.5) is 0 Å². The second-order valence-corrected chi connectivity index (χ2v) is 5.36. The number of aromatic nitrogens is 1. The molecule has 1 aliphatic rings. The average molecular weight is 286 g/mol. The van der Waals surface area contributed by atoms with Gasteiger partial charge in [0.15, 0.2) is 0 Å². The van der Waals surface area contributed by atoms with Crippen LogP contribution in [0, 0.1) is 5.92 Å². The minimum absolute atomic E-state index is 0.195. The van der Waals surface area contributed by atoms with Crippen molar-refractivity contribution in [1.82, 2.24) is 15.9 Å². The van der Waals surface area contributed by atoms with E-state index in [2.05, 4.69) is 15.9 Å². The molecule has 6 nitrogen and oxygen atoms in total. The summed E-state index contributed by atoms with van der Waals surface area (Å²) in [6.45, 7) is 0.785. The second-order valence-electron chi connectivity index (χ2n) is 5.36. The molecule has 1 saturated carbocycles. The van der Waals surface area contributed by atoms with Gasteiger partial charge in [-0.15, -0.1) is 0 Å². The van der Waals surface area contributed by atoms with E-state index >= 15 is 0 Å². The maximum Gasteiger partial charge on any atom is 0.290 e. The Hall–Kier alpha value is -2.18. The van der Waals surface area contributed by atoms with Crippen LogP contribution in [-0.4, -0.2) is 23.7 Å². The summed E-state index contributed by atoms with van der Waals surface area (Å²) in [6.07, 6.45) is 1.88. The summed E-state index contributed by atoms with van der Waals surface area (Å²) in [5, 5.41) is 6.89. The predicted molar refractivity (Wildman–Crippen MR) is 78.1 cm³/mol. The molecule has 110 valence electrons. The highest BCUT2D eigenvalue weighted by molar-refractivity contribution is 5.92. The first-order valence-electron chi connectivity index (χ1n) is 7.02. The lowest BCUT2D eigenvalue weighted by Gasteiger charge is -2.35. The van der Waals surface area contributed by atoms with Gasteiger partial charge in [-0.2, -0.15) is 0 Å². The zero-order valence-corrected chi connectivity index (χ0v) is 11.6. The van der Waals surface area contributed by atoms with Gasteiger partial charge in [0, 0.05) is 24.2 Å². The minimum atomic E-state index is -0.214. The lowest BCUT2D eigenvalue weighted by atomic mass is 9.80. The van der Waals surface area contributed by atoms with E-state index in [1.807, 2.05) is 30.3 Å². The van der Waals surface area contributed by atoms with E-state index in [1.54, 1.807) is 6.07 Å². The van der Waals surface area contributed by atoms with Crippen LogP contribution >= 0.6 is 0 Å². The summed E-state index contributed by atoms with van der Waals surface area (Å²) in [4.78, 5) is 12.1. The summed E-state index contributed by atoms with van der Waals surface area (Å²) in [5.41, 5.74) is 4.25. The third kappa shape index (κ3) is 3.12. The number of hydrazine groups is 1. The van der Waals surface area contributed by atoms with Crippen LogP contribution in [0.2, 0.25) is 0 Å². The fourth-order valence-electron chi connectivity index (χ4n) is 2.57. The highest BCUT2D eigenvalue weighted by Gasteiger charge is 2.30. The molecule has 1 aromatic carbocycles. The maximum atomic E-state index is 12.1. The first kappa shape index (κ1) is 13.8. The monoisotopic (exact) mass is 286 g/mol. The minimum Gasteiger partial charge on any atom is -0.350 e. The van der Waals surface area contributed by atoms with Crippen molar-refractivity contribution in [1.29, 1.82) is 0 Å². The van der Waals surface area contributed by atoms with Gasteiger partial charge >= 0.3 is 0 Å². The molecule has 1 aromatic heterocycles. The van der Waals surface area contributed by atoms with E-state index < -0.39 is 0 Å². The standard InChI is InChI=1S/C15H18N4O2/c16-17-9-10-6-12(7-10)18-15(20)14-8-13(19-21-14)11-4-2-1-3-5-11/h1-5,8,10,12,17H,6-7,9,16H2,(H,18,20)/t10-,12-. The Balaban J connectivity index is 1.58. The van der Waals surface area contributed by atoms with Gasteiger partial charge in [-0.25, -0.2) is 0 Å². The number of amides is 1. The summed E-state index contributed by atoms with van der Waals surface area (Å²) in [6, 6.07) is 11.5. The van der Waals surface area contributed by atoms with E-state index in [-0.39, 0.29) is 17.7 Å². The Morgan fingerprint density at radius 1 is 1.33 bits per heavy atom. The number of hydrogen-bond donors (Lipinski definition) is 3. The van der Waals surface area contributed by atoms with Crippen LogP contribution in [0.1, 0.15) is 23.4 Å². The average Bonchev–Trinajstić information content (AvgIpc) is 2.96. The molecule has 0 radical (unpaired) electrons. The molecule has 0 bridgehead atoms. The van der Waals surface area contributed by atoms with E-state index in [1.165, 1.54) is 0 Å². The first-order chi connectivity index (χ1) is 10.3. The number of carbonyl (C=O) groups excluding carboxylic acids is 1. The lowest BCUT2D eigenvalue weighted by Crippen LogP contribution is -2.47. The largest absolute Gasteiger partial charge is 0.350 e. The van der Waals surface area contributed by atoms with E-state index in [9.17, 15) is 4.79 Å². The highest BCUT2D eigenvalue weighted by Crippen LogP contribution is 2.27. The molecule has 3 rings (SSSR count). The van der Waals surface area contributed by atoms with Gasteiger partial charge in [0.05, 0.1) is 0 Å². The molecule has 21 heavy (non-hydrogen) atoms. The van der Waals surface area contributed by atoms with Crippen LogP contribution < -0.4 is 16.6 Å². The van der Waals surface area contributed by atoms with Gasteiger partial charge in [0.1, 0.15) is 5.69 Å². The van der Waals surface area contributed by atoms with Crippen LogP contribution in [-0.2, 0) is 0 Å². The van der Waals surface area contributed by atoms with Gasteiger partial charge in [0.25, 0.3) is 5.91 Å². The fourth-order valence-corrected chi connectivity index (χ4v) is 2.57. The number of rotatable bonds is 5. The summed E-state index contributed by atoms with van der Waals surface area (Å²) >= 11 is 0. The molecule has 0 unspecified atom stereocenters. The highest BCUT2D eigenvalue weighted by atomic mass is 16.5. The Kier molecular flexibility index (Phi) is 3.98. The third-order valence-corrected chi connectivity index (χ3v) is 3.78. The zero-order chi connectivity index (χ0) is 14.7. The SMILES string of the molecule is NNC[C@H]1C[C@H](NC(=O)c2cc(-c3ccccc3)no2)C1. The van der Waals surface area contributed by atoms with E-state index in [0.717, 1.165) is 24.9 Å². The van der Waals surface area contributed by atoms with Gasteiger partial charge < -0.3 is 9.84 Å². The van der Waals surface area contributed by atoms with Crippen molar-refractivity contribution < 1.29 is 9.32 Å². The van der Waals surface area contributed by atoms with Crippen LogP contribution in [0.25, 0.3) is 11.3 Å². The molecule has 1 amide bonds. The number of carbonyl (C=O) groups is 1. The molecular formula is C15H18N4O2. The fraction of sp³-hybridized carbons (Fsp3) is 0.333. The Morgan fingerprint density at radius 2 is 2.10 bits per heavy atom. The zero-order valence-electron chi connectivity index (χ0n) is 11.6. The molecule has 1 fully saturated rings. The summed E-state index contributed by atoms with van der Waals surface area (Å²) in [5.74, 6) is 5.84. The molecule has 0 aliphatic heterocycles. The number of hydrogen-bond acceptors (Lipinski definition) is 5. The molecule has 6 heteroatoms. The van der Waals surface area contributed by atoms with Gasteiger partial charge in [0.2, 0.25) is 5.76 Å². The predicted octanol–water partition coefficient (Wildman–Crippen LogP) is 1.31. The van der Waals surface area contributed by atoms with Crippen LogP contribution in [0.3, 0.4) is 0 Å². The molecule has 1 aliphatic carbocycles. The lowest BCUT2D eigenvalue weighted by molar-refractivity contribution is 0.0852. The first-order valence-corrected chi connectivity index (χ1v) is 7.02. The Bertz CT molecular complexity index is 605. The smallest absolute Gasteiger partial charge is 0.290 e. The molecular weight excluding hydrogens is 268 g/mol. The van der Waals surface area contributed by atoms with Crippen molar-refractivity contribution in [2.45, 2.75) is 18.9 Å². The second kappa shape index (κ2) is 6.07. The van der Waals surface area contributed by atoms with Crippen molar-refractivity contribution in [2.24, 2.45) is 11.8 Å². The third-order valence-electron chi connectivity index (χ3n) is 3.78. The normalized spacial score (nSPS) is 20.8. The van der Waals surface area contributed by atoms with E-state index in [4.69, 9.17) is 10.4 Å². The molecule has 1 heterocycles. The van der Waals surface area contributed by atoms with Crippen molar-refractivity contribution in [2.75, 3.05) is 6.54 Å². The number of nitrogens with two attached hydrogens (primary N) is 1. The van der Waals surface area contributed by atoms with E-state index in [0.29, 0.717) is 11.6 Å². The topological polar surface area (TPSA) is 93.2 Å². The Labute approximate surface area is 122 Å². The maximum absolute atomic E-state index is 12.1. The van der Waals surface area contributed by atoms with Gasteiger partial charge in [-0.05, 0) is 18.8 Å². The van der Waals surface area contributed by atoms with Gasteiger partial charge in [-0.3, -0.25) is 16.1 Å². The molecule has 0 spiro atoms. The molecule has 0 saturated heterocycles. The van der Waals surface area contributed by atoms with Crippen molar-refractivity contribution in [3.63, 3.8) is 0 Å². The quantitative estimate of drug-likeness (QED) is 0.569. The van der Waals surface area contributed by atoms with Crippen molar-refractivity contribution >= 4 is 5.91 Å². The molecule has 2 aromatic rings. The van der Waals surface area contributed by atoms with Crippen LogP contribution in [0.15, 0.2) is 40.9 Å². The van der Waals surface area contributed by atoms with Crippen molar-refractivity contribution in [3.8, 4) is 11.3 Å². The summed E-state index contributed by atoms with van der Waals surface area (Å²) < 4.78 is 5.13. The Morgan fingerprint density at radius 3 is 2.81 bits per heavy atom. The molecule has 0 atom stereocenters. The van der Waals surface area contributed by atoms with Crippen LogP contribution in [0.5, 0.6) is 0 Å². The summed E-state index contributed by atoms with van der Waals surface area (Å²) in [7, 11) is 0. The number of nitrogens with zero attached hydrogens (tertiary/aromatic N) is 1. The van der Waals surface area contributed by atoms with Gasteiger partial charge in [-0.1, -0.05) is 35.5 Å². The molecule has 4 N–H and O–H groups in total. The number of nitrogens with one attached hydrogen (secondary N) is 2.